The number of allylic oxidation sites excluding steroid dienone is 2. The number of esters is 1. The third kappa shape index (κ3) is 4.62. The number of hydrogen-bond acceptors (Lipinski definition) is 6. The van der Waals surface area contributed by atoms with Crippen molar-refractivity contribution in [3.63, 3.8) is 0 Å². The highest BCUT2D eigenvalue weighted by Gasteiger charge is 2.37. The second kappa shape index (κ2) is 10.2. The molecule has 1 unspecified atom stereocenters. The Kier molecular flexibility index (Phi) is 6.88. The van der Waals surface area contributed by atoms with Crippen LogP contribution in [0.15, 0.2) is 83.9 Å². The lowest BCUT2D eigenvalue weighted by Crippen LogP contribution is -2.23. The van der Waals surface area contributed by atoms with Crippen LogP contribution in [-0.2, 0) is 20.9 Å². The normalized spacial score (nSPS) is 15.3. The minimum absolute atomic E-state index is 0.00714. The van der Waals surface area contributed by atoms with Gasteiger partial charge in [0.15, 0.2) is 11.5 Å². The molecule has 1 aliphatic heterocycles. The first-order valence-corrected chi connectivity index (χ1v) is 10.8. The van der Waals surface area contributed by atoms with Gasteiger partial charge in [-0.2, -0.15) is 5.26 Å². The van der Waals surface area contributed by atoms with E-state index in [0.29, 0.717) is 34.3 Å². The van der Waals surface area contributed by atoms with E-state index >= 15 is 0 Å². The van der Waals surface area contributed by atoms with E-state index in [2.05, 4.69) is 6.07 Å². The number of methoxy groups -OCH3 is 2. The Morgan fingerprint density at radius 2 is 1.86 bits per heavy atom. The van der Waals surface area contributed by atoms with Crippen LogP contribution in [0.3, 0.4) is 0 Å². The number of nitrogens with zero attached hydrogens (tertiary/aromatic N) is 2. The summed E-state index contributed by atoms with van der Waals surface area (Å²) in [5, 5.41) is 10.1. The van der Waals surface area contributed by atoms with Gasteiger partial charge in [-0.25, -0.2) is 9.18 Å². The molecule has 0 spiro atoms. The highest BCUT2D eigenvalue weighted by atomic mass is 19.1. The summed E-state index contributed by atoms with van der Waals surface area (Å²) in [4.78, 5) is 12.7. The lowest BCUT2D eigenvalue weighted by Gasteiger charge is -2.28. The largest absolute Gasteiger partial charge is 0.493 e. The topological polar surface area (TPSA) is 82.7 Å². The second-order valence-electron chi connectivity index (χ2n) is 7.71. The fourth-order valence-corrected chi connectivity index (χ4v) is 3.96. The van der Waals surface area contributed by atoms with Crippen molar-refractivity contribution in [3.05, 3.63) is 101 Å². The molecule has 35 heavy (non-hydrogen) atoms. The molecule has 0 saturated carbocycles. The summed E-state index contributed by atoms with van der Waals surface area (Å²) in [5.41, 5.74) is 1.45. The average Bonchev–Trinajstić information content (AvgIpc) is 3.42. The SMILES string of the molecule is COC(=O)C1=C(C)OC(n2cccc2)=C(C#N)C1c1ccc(OCc2ccccc2F)c(OC)c1. The first-order valence-electron chi connectivity index (χ1n) is 10.8. The molecule has 1 aromatic heterocycles. The molecule has 2 aromatic carbocycles. The standard InChI is InChI=1S/C27H23FN2O5/c1-17-24(27(31)33-3)25(20(15-29)26(35-17)30-12-6-7-13-30)18-10-11-22(23(14-18)32-2)34-16-19-8-4-5-9-21(19)28/h4-14,25H,16H2,1-3H3. The van der Waals surface area contributed by atoms with E-state index in [9.17, 15) is 14.4 Å². The zero-order valence-corrected chi connectivity index (χ0v) is 19.4. The van der Waals surface area contributed by atoms with E-state index in [1.807, 2.05) is 0 Å². The number of carbonyl (C=O) groups excluding carboxylic acids is 1. The van der Waals surface area contributed by atoms with Gasteiger partial charge in [0.2, 0.25) is 5.88 Å². The van der Waals surface area contributed by atoms with Gasteiger partial charge in [-0.15, -0.1) is 0 Å². The van der Waals surface area contributed by atoms with Gasteiger partial charge in [0, 0.05) is 18.0 Å². The van der Waals surface area contributed by atoms with E-state index in [1.165, 1.54) is 20.3 Å². The Hall–Kier alpha value is -4.51. The summed E-state index contributed by atoms with van der Waals surface area (Å²) in [6.07, 6.45) is 3.50. The Morgan fingerprint density at radius 1 is 1.11 bits per heavy atom. The molecule has 0 amide bonds. The first kappa shape index (κ1) is 23.6. The maximum Gasteiger partial charge on any atom is 0.338 e. The van der Waals surface area contributed by atoms with Crippen molar-refractivity contribution in [2.75, 3.05) is 14.2 Å². The lowest BCUT2D eigenvalue weighted by molar-refractivity contribution is -0.136. The predicted octanol–water partition coefficient (Wildman–Crippen LogP) is 5.17. The van der Waals surface area contributed by atoms with Gasteiger partial charge < -0.3 is 18.9 Å². The van der Waals surface area contributed by atoms with Crippen molar-refractivity contribution in [3.8, 4) is 17.6 Å². The van der Waals surface area contributed by atoms with Crippen molar-refractivity contribution in [2.45, 2.75) is 19.4 Å². The molecule has 0 bridgehead atoms. The van der Waals surface area contributed by atoms with Gasteiger partial charge in [-0.1, -0.05) is 24.3 Å². The first-order chi connectivity index (χ1) is 17.0. The van der Waals surface area contributed by atoms with Gasteiger partial charge >= 0.3 is 5.97 Å². The third-order valence-corrected chi connectivity index (χ3v) is 5.66. The molecule has 0 fully saturated rings. The van der Waals surface area contributed by atoms with Crippen LogP contribution in [0.4, 0.5) is 4.39 Å². The Morgan fingerprint density at radius 3 is 2.51 bits per heavy atom. The molecular weight excluding hydrogens is 451 g/mol. The zero-order chi connectivity index (χ0) is 24.9. The minimum atomic E-state index is -0.770. The third-order valence-electron chi connectivity index (χ3n) is 5.66. The summed E-state index contributed by atoms with van der Waals surface area (Å²) in [5.74, 6) is -0.365. The van der Waals surface area contributed by atoms with E-state index in [0.717, 1.165) is 0 Å². The van der Waals surface area contributed by atoms with E-state index < -0.39 is 11.9 Å². The molecular formula is C27H23FN2O5. The molecule has 0 aliphatic carbocycles. The number of benzene rings is 2. The summed E-state index contributed by atoms with van der Waals surface area (Å²) in [6, 6.07) is 17.2. The minimum Gasteiger partial charge on any atom is -0.493 e. The average molecular weight is 474 g/mol. The number of halogens is 1. The molecule has 7 nitrogen and oxygen atoms in total. The van der Waals surface area contributed by atoms with E-state index in [-0.39, 0.29) is 23.6 Å². The lowest BCUT2D eigenvalue weighted by atomic mass is 9.83. The van der Waals surface area contributed by atoms with Crippen LogP contribution < -0.4 is 9.47 Å². The van der Waals surface area contributed by atoms with Gasteiger partial charge in [-0.05, 0) is 42.8 Å². The summed E-state index contributed by atoms with van der Waals surface area (Å²) in [7, 11) is 2.75. The molecule has 178 valence electrons. The molecule has 2 heterocycles. The molecule has 1 aliphatic rings. The molecule has 3 aromatic rings. The van der Waals surface area contributed by atoms with Crippen molar-refractivity contribution < 1.29 is 28.1 Å². The quantitative estimate of drug-likeness (QED) is 0.440. The summed E-state index contributed by atoms with van der Waals surface area (Å²) in [6.45, 7) is 1.66. The van der Waals surface area contributed by atoms with Crippen LogP contribution >= 0.6 is 0 Å². The number of rotatable bonds is 7. The van der Waals surface area contributed by atoms with Crippen molar-refractivity contribution in [2.24, 2.45) is 0 Å². The van der Waals surface area contributed by atoms with Crippen LogP contribution in [-0.4, -0.2) is 24.8 Å². The van der Waals surface area contributed by atoms with Crippen LogP contribution in [0.5, 0.6) is 11.5 Å². The van der Waals surface area contributed by atoms with Crippen molar-refractivity contribution in [1.29, 1.82) is 5.26 Å². The van der Waals surface area contributed by atoms with Crippen LogP contribution in [0.2, 0.25) is 0 Å². The maximum atomic E-state index is 14.0. The van der Waals surface area contributed by atoms with E-state index in [4.69, 9.17) is 18.9 Å². The smallest absolute Gasteiger partial charge is 0.338 e. The fourth-order valence-electron chi connectivity index (χ4n) is 3.96. The Labute approximate surface area is 202 Å². The van der Waals surface area contributed by atoms with Gasteiger partial charge in [0.05, 0.1) is 25.7 Å². The number of hydrogen-bond donors (Lipinski definition) is 0. The van der Waals surface area contributed by atoms with Crippen molar-refractivity contribution in [1.82, 2.24) is 4.57 Å². The van der Waals surface area contributed by atoms with Gasteiger partial charge in [0.25, 0.3) is 0 Å². The summed E-state index contributed by atoms with van der Waals surface area (Å²) >= 11 is 0. The molecule has 0 N–H and O–H groups in total. The van der Waals surface area contributed by atoms with Gasteiger partial charge in [0.1, 0.15) is 29.8 Å². The molecule has 4 rings (SSSR count). The molecule has 1 atom stereocenters. The Balaban J connectivity index is 1.77. The number of carbonyl (C=O) groups is 1. The van der Waals surface area contributed by atoms with Gasteiger partial charge in [-0.3, -0.25) is 4.57 Å². The van der Waals surface area contributed by atoms with Crippen LogP contribution in [0, 0.1) is 17.1 Å². The van der Waals surface area contributed by atoms with Crippen LogP contribution in [0.1, 0.15) is 24.0 Å². The zero-order valence-electron chi connectivity index (χ0n) is 19.4. The molecule has 8 heteroatoms. The molecule has 0 saturated heterocycles. The summed E-state index contributed by atoms with van der Waals surface area (Å²) < 4.78 is 37.9. The highest BCUT2D eigenvalue weighted by molar-refractivity contribution is 5.93. The second-order valence-corrected chi connectivity index (χ2v) is 7.71. The van der Waals surface area contributed by atoms with E-state index in [1.54, 1.807) is 72.4 Å². The Bertz CT molecular complexity index is 1350. The fraction of sp³-hybridized carbons (Fsp3) is 0.185. The monoisotopic (exact) mass is 474 g/mol. The number of ether oxygens (including phenoxy) is 4. The number of nitriles is 1. The highest BCUT2D eigenvalue weighted by Crippen LogP contribution is 2.44. The predicted molar refractivity (Wildman–Crippen MR) is 126 cm³/mol. The maximum absolute atomic E-state index is 14.0. The van der Waals surface area contributed by atoms with Crippen LogP contribution in [0.25, 0.3) is 5.88 Å². The number of aromatic nitrogens is 1. The molecule has 0 radical (unpaired) electrons. The van der Waals surface area contributed by atoms with Crippen molar-refractivity contribution >= 4 is 11.9 Å².